The number of carbonyl (C=O) groups is 1. The maximum Gasteiger partial charge on any atom is 0.340 e. The molecule has 5 heteroatoms. The smallest absolute Gasteiger partial charge is 0.340 e. The van der Waals surface area contributed by atoms with Crippen LogP contribution in [0.1, 0.15) is 18.4 Å². The average molecular weight is 273 g/mol. The first-order chi connectivity index (χ1) is 8.60. The lowest BCUT2D eigenvalue weighted by atomic mass is 9.89. The second kappa shape index (κ2) is 6.61. The molecule has 0 aliphatic heterocycles. The lowest BCUT2D eigenvalue weighted by Gasteiger charge is -2.28. The van der Waals surface area contributed by atoms with Crippen LogP contribution < -0.4 is 4.74 Å². The van der Waals surface area contributed by atoms with Gasteiger partial charge in [0.1, 0.15) is 5.75 Å². The Balaban J connectivity index is 3.10. The molecule has 1 aromatic carbocycles. The Hall–Kier alpha value is -1.26. The number of methoxy groups -OCH3 is 2. The average Bonchev–Trinajstić information content (AvgIpc) is 2.40. The number of ether oxygens (including phenoxy) is 2. The highest BCUT2D eigenvalue weighted by molar-refractivity contribution is 6.17. The summed E-state index contributed by atoms with van der Waals surface area (Å²) in [7, 11) is 2.95. The van der Waals surface area contributed by atoms with Gasteiger partial charge in [0.15, 0.2) is 5.60 Å². The van der Waals surface area contributed by atoms with E-state index in [-0.39, 0.29) is 0 Å². The minimum absolute atomic E-state index is 0.328. The molecule has 1 atom stereocenters. The van der Waals surface area contributed by atoms with E-state index in [4.69, 9.17) is 21.1 Å². The van der Waals surface area contributed by atoms with Crippen molar-refractivity contribution in [3.05, 3.63) is 29.8 Å². The Morgan fingerprint density at radius 3 is 2.33 bits per heavy atom. The van der Waals surface area contributed by atoms with E-state index in [1.165, 1.54) is 7.11 Å². The van der Waals surface area contributed by atoms with Crippen molar-refractivity contribution in [3.63, 3.8) is 0 Å². The van der Waals surface area contributed by atoms with Gasteiger partial charge in [-0.3, -0.25) is 0 Å². The second-order valence-electron chi connectivity index (χ2n) is 3.86. The first-order valence-corrected chi connectivity index (χ1v) is 6.13. The molecule has 0 aliphatic rings. The van der Waals surface area contributed by atoms with Crippen LogP contribution in [0, 0.1) is 0 Å². The van der Waals surface area contributed by atoms with Gasteiger partial charge in [-0.25, -0.2) is 4.79 Å². The summed E-state index contributed by atoms with van der Waals surface area (Å²) in [6.07, 6.45) is 0.891. The van der Waals surface area contributed by atoms with E-state index in [2.05, 4.69) is 0 Å². The quantitative estimate of drug-likeness (QED) is 0.776. The topological polar surface area (TPSA) is 55.8 Å². The predicted molar refractivity (Wildman–Crippen MR) is 69.3 cm³/mol. The van der Waals surface area contributed by atoms with E-state index in [0.717, 1.165) is 0 Å². The molecule has 0 bridgehead atoms. The third-order valence-corrected chi connectivity index (χ3v) is 3.18. The number of carboxylic acid groups (broad SMARTS) is 1. The summed E-state index contributed by atoms with van der Waals surface area (Å²) in [4.78, 5) is 11.5. The van der Waals surface area contributed by atoms with Crippen LogP contribution in [0.2, 0.25) is 0 Å². The molecule has 0 spiro atoms. The Morgan fingerprint density at radius 1 is 1.33 bits per heavy atom. The summed E-state index contributed by atoms with van der Waals surface area (Å²) in [6.45, 7) is 0. The third-order valence-electron chi connectivity index (χ3n) is 2.91. The zero-order valence-corrected chi connectivity index (χ0v) is 11.2. The summed E-state index contributed by atoms with van der Waals surface area (Å²) >= 11 is 5.64. The van der Waals surface area contributed by atoms with E-state index < -0.39 is 11.6 Å². The molecule has 0 heterocycles. The van der Waals surface area contributed by atoms with Crippen LogP contribution in [0.25, 0.3) is 0 Å². The van der Waals surface area contributed by atoms with Gasteiger partial charge in [-0.1, -0.05) is 12.1 Å². The highest BCUT2D eigenvalue weighted by atomic mass is 35.5. The molecule has 0 amide bonds. The van der Waals surface area contributed by atoms with Gasteiger partial charge >= 0.3 is 5.97 Å². The number of alkyl halides is 1. The molecular weight excluding hydrogens is 256 g/mol. The minimum atomic E-state index is -1.35. The van der Waals surface area contributed by atoms with Crippen LogP contribution in [0.5, 0.6) is 5.75 Å². The van der Waals surface area contributed by atoms with Crippen molar-refractivity contribution in [3.8, 4) is 5.75 Å². The monoisotopic (exact) mass is 272 g/mol. The number of halogens is 1. The molecule has 4 nitrogen and oxygen atoms in total. The van der Waals surface area contributed by atoms with Gasteiger partial charge in [-0.2, -0.15) is 0 Å². The molecule has 0 radical (unpaired) electrons. The van der Waals surface area contributed by atoms with Crippen LogP contribution in [-0.4, -0.2) is 31.2 Å². The van der Waals surface area contributed by atoms with Crippen LogP contribution >= 0.6 is 11.6 Å². The Morgan fingerprint density at radius 2 is 1.94 bits per heavy atom. The first kappa shape index (κ1) is 14.8. The fourth-order valence-electron chi connectivity index (χ4n) is 1.86. The number of aliphatic carboxylic acids is 1. The summed E-state index contributed by atoms with van der Waals surface area (Å²) in [6, 6.07) is 6.83. The zero-order valence-electron chi connectivity index (χ0n) is 10.5. The Bertz CT molecular complexity index is 390. The Labute approximate surface area is 111 Å². The lowest BCUT2D eigenvalue weighted by molar-refractivity contribution is -0.164. The maximum atomic E-state index is 11.5. The standard InChI is InChI=1S/C13H17ClO4/c1-17-11-6-4-10(5-7-11)13(18-2,12(15)16)8-3-9-14/h4-7H,3,8-9H2,1-2H3,(H,15,16). The second-order valence-corrected chi connectivity index (χ2v) is 4.24. The van der Waals surface area contributed by atoms with Crippen molar-refractivity contribution in [1.82, 2.24) is 0 Å². The highest BCUT2D eigenvalue weighted by Gasteiger charge is 2.40. The summed E-state index contributed by atoms with van der Waals surface area (Å²) in [5.41, 5.74) is -0.760. The predicted octanol–water partition coefficient (Wildman–Crippen LogP) is 2.64. The molecular formula is C13H17ClO4. The molecule has 0 aromatic heterocycles. The maximum absolute atomic E-state index is 11.5. The number of benzene rings is 1. The van der Waals surface area contributed by atoms with Crippen molar-refractivity contribution in [2.75, 3.05) is 20.1 Å². The molecule has 0 aliphatic carbocycles. The normalized spacial score (nSPS) is 13.9. The summed E-state index contributed by atoms with van der Waals surface area (Å²) < 4.78 is 10.3. The fourth-order valence-corrected chi connectivity index (χ4v) is 1.99. The van der Waals surface area contributed by atoms with Crippen LogP contribution in [0.15, 0.2) is 24.3 Å². The largest absolute Gasteiger partial charge is 0.497 e. The van der Waals surface area contributed by atoms with Gasteiger partial charge in [0.05, 0.1) is 7.11 Å². The van der Waals surface area contributed by atoms with E-state index >= 15 is 0 Å². The third kappa shape index (κ3) is 2.94. The zero-order chi connectivity index (χ0) is 13.6. The number of hydrogen-bond donors (Lipinski definition) is 1. The van der Waals surface area contributed by atoms with E-state index in [1.54, 1.807) is 31.4 Å². The van der Waals surface area contributed by atoms with Crippen LogP contribution in [0.4, 0.5) is 0 Å². The first-order valence-electron chi connectivity index (χ1n) is 5.59. The van der Waals surface area contributed by atoms with Crippen molar-refractivity contribution in [1.29, 1.82) is 0 Å². The Kier molecular flexibility index (Phi) is 5.44. The molecule has 1 N–H and O–H groups in total. The summed E-state index contributed by atoms with van der Waals surface area (Å²) in [5.74, 6) is 0.0564. The minimum Gasteiger partial charge on any atom is -0.497 e. The number of hydrogen-bond acceptors (Lipinski definition) is 3. The molecule has 1 aromatic rings. The van der Waals surface area contributed by atoms with Gasteiger partial charge < -0.3 is 14.6 Å². The van der Waals surface area contributed by atoms with E-state index in [9.17, 15) is 9.90 Å². The van der Waals surface area contributed by atoms with Gasteiger partial charge in [0.25, 0.3) is 0 Å². The molecule has 0 saturated carbocycles. The molecule has 100 valence electrons. The van der Waals surface area contributed by atoms with Gasteiger partial charge in [-0.05, 0) is 30.5 Å². The molecule has 1 rings (SSSR count). The highest BCUT2D eigenvalue weighted by Crippen LogP contribution is 2.32. The molecule has 0 fully saturated rings. The van der Waals surface area contributed by atoms with Crippen molar-refractivity contribution in [2.24, 2.45) is 0 Å². The van der Waals surface area contributed by atoms with E-state index in [1.807, 2.05) is 0 Å². The SMILES string of the molecule is COc1ccc(C(CCCCl)(OC)C(=O)O)cc1. The lowest BCUT2D eigenvalue weighted by Crippen LogP contribution is -2.38. The van der Waals surface area contributed by atoms with Gasteiger partial charge in [0.2, 0.25) is 0 Å². The van der Waals surface area contributed by atoms with E-state index in [0.29, 0.717) is 30.0 Å². The molecule has 1 unspecified atom stereocenters. The number of rotatable bonds is 7. The van der Waals surface area contributed by atoms with Crippen LogP contribution in [0.3, 0.4) is 0 Å². The fraction of sp³-hybridized carbons (Fsp3) is 0.462. The molecule has 18 heavy (non-hydrogen) atoms. The van der Waals surface area contributed by atoms with Gasteiger partial charge in [0, 0.05) is 13.0 Å². The summed E-state index contributed by atoms with van der Waals surface area (Å²) in [5, 5.41) is 9.43. The van der Waals surface area contributed by atoms with Crippen molar-refractivity contribution >= 4 is 17.6 Å². The van der Waals surface area contributed by atoms with Crippen molar-refractivity contribution in [2.45, 2.75) is 18.4 Å². The van der Waals surface area contributed by atoms with Crippen LogP contribution in [-0.2, 0) is 15.1 Å². The van der Waals surface area contributed by atoms with Crippen molar-refractivity contribution < 1.29 is 19.4 Å². The van der Waals surface area contributed by atoms with Gasteiger partial charge in [-0.15, -0.1) is 11.6 Å². The molecule has 0 saturated heterocycles. The number of carboxylic acids is 1.